The molecule has 2 aliphatic rings. The Morgan fingerprint density at radius 3 is 2.50 bits per heavy atom. The van der Waals surface area contributed by atoms with Crippen molar-refractivity contribution in [1.82, 2.24) is 25.3 Å². The lowest BCUT2D eigenvalue weighted by atomic mass is 9.97. The van der Waals surface area contributed by atoms with Crippen molar-refractivity contribution < 1.29 is 0 Å². The van der Waals surface area contributed by atoms with E-state index in [9.17, 15) is 0 Å². The molecular formula is C23H42N6S. The fourth-order valence-corrected chi connectivity index (χ4v) is 5.23. The van der Waals surface area contributed by atoms with Crippen LogP contribution in [0.25, 0.3) is 0 Å². The fraction of sp³-hybridized carbons (Fsp3) is 0.783. The lowest BCUT2D eigenvalue weighted by Crippen LogP contribution is -2.49. The van der Waals surface area contributed by atoms with Crippen LogP contribution in [0.5, 0.6) is 0 Å². The van der Waals surface area contributed by atoms with Crippen molar-refractivity contribution in [2.75, 3.05) is 66.0 Å². The van der Waals surface area contributed by atoms with Gasteiger partial charge in [-0.3, -0.25) is 14.8 Å². The van der Waals surface area contributed by atoms with Crippen LogP contribution in [-0.2, 0) is 0 Å². The highest BCUT2D eigenvalue weighted by Gasteiger charge is 2.25. The number of likely N-dealkylation sites (N-methyl/N-ethyl adjacent to an activating group) is 1. The molecule has 0 aromatic carbocycles. The molecule has 0 radical (unpaired) electrons. The molecule has 2 saturated heterocycles. The summed E-state index contributed by atoms with van der Waals surface area (Å²) < 4.78 is 0. The van der Waals surface area contributed by atoms with Crippen LogP contribution in [0.2, 0.25) is 0 Å². The molecule has 3 heterocycles. The van der Waals surface area contributed by atoms with Crippen LogP contribution in [0.3, 0.4) is 0 Å². The van der Waals surface area contributed by atoms with Crippen molar-refractivity contribution in [2.24, 2.45) is 10.9 Å². The highest BCUT2D eigenvalue weighted by atomic mass is 32.1. The summed E-state index contributed by atoms with van der Waals surface area (Å²) in [6.45, 7) is 16.5. The number of rotatable bonds is 8. The zero-order valence-corrected chi connectivity index (χ0v) is 20.3. The summed E-state index contributed by atoms with van der Waals surface area (Å²) in [4.78, 5) is 14.0. The highest BCUT2D eigenvalue weighted by Crippen LogP contribution is 2.29. The van der Waals surface area contributed by atoms with E-state index in [2.05, 4.69) is 70.7 Å². The SMILES string of the molecule is CCNC(=NCC(C)N1CCN(C)CC1)NCC(c1cccs1)N1CCC(C)CC1. The van der Waals surface area contributed by atoms with Crippen molar-refractivity contribution in [3.8, 4) is 0 Å². The van der Waals surface area contributed by atoms with Gasteiger partial charge in [0.25, 0.3) is 0 Å². The molecular weight excluding hydrogens is 392 g/mol. The van der Waals surface area contributed by atoms with Gasteiger partial charge in [-0.2, -0.15) is 0 Å². The Morgan fingerprint density at radius 1 is 1.13 bits per heavy atom. The third-order valence-electron chi connectivity index (χ3n) is 6.61. The number of thiophene rings is 1. The van der Waals surface area contributed by atoms with E-state index in [0.717, 1.165) is 57.7 Å². The molecule has 2 atom stereocenters. The van der Waals surface area contributed by atoms with E-state index in [0.29, 0.717) is 12.1 Å². The minimum Gasteiger partial charge on any atom is -0.357 e. The van der Waals surface area contributed by atoms with Crippen LogP contribution in [0, 0.1) is 5.92 Å². The molecule has 0 saturated carbocycles. The maximum Gasteiger partial charge on any atom is 0.191 e. The lowest BCUT2D eigenvalue weighted by molar-refractivity contribution is 0.122. The molecule has 0 aliphatic carbocycles. The molecule has 1 aromatic heterocycles. The second-order valence-corrected chi connectivity index (χ2v) is 10.0. The van der Waals surface area contributed by atoms with Gasteiger partial charge >= 0.3 is 0 Å². The van der Waals surface area contributed by atoms with E-state index >= 15 is 0 Å². The maximum absolute atomic E-state index is 4.94. The minimum absolute atomic E-state index is 0.427. The summed E-state index contributed by atoms with van der Waals surface area (Å²) >= 11 is 1.88. The second-order valence-electron chi connectivity index (χ2n) is 9.04. The molecule has 2 fully saturated rings. The van der Waals surface area contributed by atoms with E-state index in [1.165, 1.54) is 30.8 Å². The quantitative estimate of drug-likeness (QED) is 0.487. The highest BCUT2D eigenvalue weighted by molar-refractivity contribution is 7.10. The second kappa shape index (κ2) is 12.0. The number of hydrogen-bond donors (Lipinski definition) is 2. The summed E-state index contributed by atoms with van der Waals surface area (Å²) in [6.07, 6.45) is 2.61. The average molecular weight is 435 g/mol. The van der Waals surface area contributed by atoms with Gasteiger partial charge in [0.1, 0.15) is 0 Å². The monoisotopic (exact) mass is 434 g/mol. The number of nitrogens with zero attached hydrogens (tertiary/aromatic N) is 4. The lowest BCUT2D eigenvalue weighted by Gasteiger charge is -2.37. The molecule has 3 rings (SSSR count). The third-order valence-corrected chi connectivity index (χ3v) is 7.59. The number of aliphatic imine (C=N–C) groups is 1. The van der Waals surface area contributed by atoms with Crippen molar-refractivity contribution >= 4 is 17.3 Å². The first-order chi connectivity index (χ1) is 14.6. The number of likely N-dealkylation sites (tertiary alicyclic amines) is 1. The molecule has 1 aromatic rings. The number of nitrogens with one attached hydrogen (secondary N) is 2. The largest absolute Gasteiger partial charge is 0.357 e. The molecule has 2 unspecified atom stereocenters. The summed E-state index contributed by atoms with van der Waals surface area (Å²) in [7, 11) is 2.21. The van der Waals surface area contributed by atoms with Crippen molar-refractivity contribution in [3.63, 3.8) is 0 Å². The van der Waals surface area contributed by atoms with Gasteiger partial charge in [0.2, 0.25) is 0 Å². The van der Waals surface area contributed by atoms with Gasteiger partial charge in [0.15, 0.2) is 5.96 Å². The predicted octanol–water partition coefficient (Wildman–Crippen LogP) is 2.71. The van der Waals surface area contributed by atoms with Gasteiger partial charge < -0.3 is 15.5 Å². The van der Waals surface area contributed by atoms with E-state index < -0.39 is 0 Å². The van der Waals surface area contributed by atoms with Gasteiger partial charge in [0, 0.05) is 50.2 Å². The Labute approximate surface area is 187 Å². The van der Waals surface area contributed by atoms with Crippen LogP contribution >= 0.6 is 11.3 Å². The predicted molar refractivity (Wildman–Crippen MR) is 130 cm³/mol. The van der Waals surface area contributed by atoms with E-state index in [1.807, 2.05) is 11.3 Å². The zero-order chi connectivity index (χ0) is 21.3. The van der Waals surface area contributed by atoms with Crippen molar-refractivity contribution in [2.45, 2.75) is 45.7 Å². The Bertz CT molecular complexity index is 618. The maximum atomic E-state index is 4.94. The van der Waals surface area contributed by atoms with Crippen LogP contribution in [0.4, 0.5) is 0 Å². The minimum atomic E-state index is 0.427. The van der Waals surface area contributed by atoms with Crippen LogP contribution in [0.1, 0.15) is 44.5 Å². The van der Waals surface area contributed by atoms with Gasteiger partial charge in [-0.15, -0.1) is 11.3 Å². The molecule has 2 N–H and O–H groups in total. The Hall–Kier alpha value is -1.15. The van der Waals surface area contributed by atoms with Crippen molar-refractivity contribution in [1.29, 1.82) is 0 Å². The first-order valence-corrected chi connectivity index (χ1v) is 12.7. The molecule has 0 spiro atoms. The summed E-state index contributed by atoms with van der Waals surface area (Å²) in [6, 6.07) is 5.37. The first-order valence-electron chi connectivity index (χ1n) is 11.8. The van der Waals surface area contributed by atoms with E-state index in [4.69, 9.17) is 4.99 Å². The van der Waals surface area contributed by atoms with Crippen molar-refractivity contribution in [3.05, 3.63) is 22.4 Å². The Balaban J connectivity index is 1.57. The number of hydrogen-bond acceptors (Lipinski definition) is 5. The molecule has 0 amide bonds. The summed E-state index contributed by atoms with van der Waals surface area (Å²) in [5.41, 5.74) is 0. The van der Waals surface area contributed by atoms with E-state index in [1.54, 1.807) is 0 Å². The summed E-state index contributed by atoms with van der Waals surface area (Å²) in [5.74, 6) is 1.80. The fourth-order valence-electron chi connectivity index (χ4n) is 4.37. The van der Waals surface area contributed by atoms with E-state index in [-0.39, 0.29) is 0 Å². The average Bonchev–Trinajstić information content (AvgIpc) is 3.28. The summed E-state index contributed by atoms with van der Waals surface area (Å²) in [5, 5.41) is 9.32. The van der Waals surface area contributed by atoms with Gasteiger partial charge in [-0.05, 0) is 64.2 Å². The normalized spacial score (nSPS) is 22.7. The Morgan fingerprint density at radius 2 is 1.87 bits per heavy atom. The van der Waals surface area contributed by atoms with Crippen LogP contribution in [0.15, 0.2) is 22.5 Å². The molecule has 2 aliphatic heterocycles. The molecule has 7 heteroatoms. The third kappa shape index (κ3) is 6.94. The topological polar surface area (TPSA) is 46.1 Å². The van der Waals surface area contributed by atoms with Gasteiger partial charge in [-0.1, -0.05) is 13.0 Å². The van der Waals surface area contributed by atoms with Gasteiger partial charge in [-0.25, -0.2) is 0 Å². The molecule has 170 valence electrons. The van der Waals surface area contributed by atoms with Gasteiger partial charge in [0.05, 0.1) is 12.6 Å². The van der Waals surface area contributed by atoms with Crippen LogP contribution < -0.4 is 10.6 Å². The smallest absolute Gasteiger partial charge is 0.191 e. The number of piperidine rings is 1. The number of piperazine rings is 1. The molecule has 30 heavy (non-hydrogen) atoms. The zero-order valence-electron chi connectivity index (χ0n) is 19.4. The molecule has 0 bridgehead atoms. The standard InChI is InChI=1S/C23H42N6S/c1-5-24-23(25-17-20(3)28-14-12-27(4)13-15-28)26-18-21(22-7-6-16-30-22)29-10-8-19(2)9-11-29/h6-7,16,19-21H,5,8-15,17-18H2,1-4H3,(H2,24,25,26). The molecule has 6 nitrogen and oxygen atoms in total. The first kappa shape index (κ1) is 23.5. The van der Waals surface area contributed by atoms with Crippen LogP contribution in [-0.4, -0.2) is 92.7 Å². The Kier molecular flexibility index (Phi) is 9.43. The number of guanidine groups is 1.